The monoisotopic (exact) mass is 437 g/mol. The third-order valence-corrected chi connectivity index (χ3v) is 6.58. The molecule has 0 aliphatic heterocycles. The molecule has 4 rings (SSSR count). The van der Waals surface area contributed by atoms with Gasteiger partial charge in [0.05, 0.1) is 11.5 Å². The van der Waals surface area contributed by atoms with E-state index in [0.29, 0.717) is 38.2 Å². The highest BCUT2D eigenvalue weighted by atomic mass is 32.1. The van der Waals surface area contributed by atoms with Crippen molar-refractivity contribution in [2.24, 2.45) is 0 Å². The number of fused-ring (bicyclic) bond motifs is 1. The number of para-hydroxylation sites is 1. The van der Waals surface area contributed by atoms with Gasteiger partial charge in [0, 0.05) is 43.8 Å². The van der Waals surface area contributed by atoms with Crippen molar-refractivity contribution < 1.29 is 19.1 Å². The summed E-state index contributed by atoms with van der Waals surface area (Å²) in [6.45, 7) is 4.99. The van der Waals surface area contributed by atoms with Gasteiger partial charge < -0.3 is 15.5 Å². The molecule has 0 saturated carbocycles. The highest BCUT2D eigenvalue weighted by Crippen LogP contribution is 2.19. The Bertz CT molecular complexity index is 1210. The van der Waals surface area contributed by atoms with E-state index in [9.17, 15) is 4.79 Å². The number of aromatic nitrogens is 4. The van der Waals surface area contributed by atoms with Gasteiger partial charge in [-0.1, -0.05) is 29.5 Å². The lowest BCUT2D eigenvalue weighted by atomic mass is 10.1. The second kappa shape index (κ2) is 9.26. The van der Waals surface area contributed by atoms with E-state index < -0.39 is 0 Å². The molecule has 7 nitrogen and oxygen atoms in total. The first-order valence-corrected chi connectivity index (χ1v) is 11.2. The normalized spacial score (nSPS) is 11.2. The maximum Gasteiger partial charge on any atom is 0.306 e. The van der Waals surface area contributed by atoms with Crippen LogP contribution in [0.3, 0.4) is 0 Å². The molecular weight excluding hydrogens is 410 g/mol. The molecule has 0 saturated heterocycles. The van der Waals surface area contributed by atoms with Crippen molar-refractivity contribution in [3.05, 3.63) is 69.7 Å². The molecule has 0 spiro atoms. The van der Waals surface area contributed by atoms with Gasteiger partial charge in [-0.3, -0.25) is 4.79 Å². The molecule has 0 amide bonds. The standard InChI is InChI=1S/C23H26N5O2S/c1-15-21(31-14-28(15)13-18-12-25-16(2)27-23(18)24)9-10-30-22(29)8-7-17-11-26-20-6-4-3-5-19(17)20/h3-6,11-12,14,26H,7-10,13H2,1-2H3,(H2,24,25,27)/q+1/p+1. The molecule has 0 radical (unpaired) electrons. The van der Waals surface area contributed by atoms with Crippen LogP contribution in [0.5, 0.6) is 0 Å². The van der Waals surface area contributed by atoms with E-state index in [0.717, 1.165) is 33.5 Å². The molecule has 0 aliphatic carbocycles. The van der Waals surface area contributed by atoms with Crippen LogP contribution in [0.25, 0.3) is 10.9 Å². The van der Waals surface area contributed by atoms with E-state index in [2.05, 4.69) is 38.0 Å². The maximum absolute atomic E-state index is 12.2. The first-order valence-electron chi connectivity index (χ1n) is 10.3. The van der Waals surface area contributed by atoms with Gasteiger partial charge >= 0.3 is 5.97 Å². The topological polar surface area (TPSA) is 99.0 Å². The quantitative estimate of drug-likeness (QED) is 0.327. The third kappa shape index (κ3) is 4.91. The van der Waals surface area contributed by atoms with Crippen LogP contribution in [0.15, 0.2) is 42.2 Å². The Morgan fingerprint density at radius 3 is 2.94 bits per heavy atom. The number of aromatic amines is 2. The summed E-state index contributed by atoms with van der Waals surface area (Å²) >= 11 is 1.66. The summed E-state index contributed by atoms with van der Waals surface area (Å²) < 4.78 is 7.63. The Balaban J connectivity index is 1.27. The Morgan fingerprint density at radius 2 is 2.10 bits per heavy atom. The van der Waals surface area contributed by atoms with Gasteiger partial charge in [-0.15, -0.1) is 0 Å². The number of H-pyrrole nitrogens is 2. The molecule has 4 N–H and O–H groups in total. The fourth-order valence-corrected chi connectivity index (χ4v) is 4.59. The number of thiazole rings is 1. The minimum atomic E-state index is -0.165. The first-order chi connectivity index (χ1) is 15.0. The predicted octanol–water partition coefficient (Wildman–Crippen LogP) is 2.69. The minimum absolute atomic E-state index is 0.165. The minimum Gasteiger partial charge on any atom is -0.465 e. The number of carbonyl (C=O) groups is 1. The number of hydrogen-bond donors (Lipinski definition) is 2. The van der Waals surface area contributed by atoms with E-state index in [1.807, 2.05) is 37.5 Å². The molecule has 3 heterocycles. The number of hydrogen-bond acceptors (Lipinski definition) is 5. The van der Waals surface area contributed by atoms with Crippen molar-refractivity contribution >= 4 is 34.0 Å². The van der Waals surface area contributed by atoms with Crippen LogP contribution in [-0.4, -0.2) is 22.5 Å². The summed E-state index contributed by atoms with van der Waals surface area (Å²) in [5.41, 5.74) is 12.4. The fraction of sp³-hybridized carbons (Fsp3) is 0.304. The molecule has 8 heteroatoms. The number of ether oxygens (including phenoxy) is 1. The molecule has 0 aliphatic rings. The number of esters is 1. The molecule has 4 aromatic rings. The molecule has 0 unspecified atom stereocenters. The number of aryl methyl sites for hydroxylation is 2. The van der Waals surface area contributed by atoms with E-state index in [1.54, 1.807) is 11.3 Å². The van der Waals surface area contributed by atoms with Crippen molar-refractivity contribution in [1.29, 1.82) is 0 Å². The number of nitrogens with one attached hydrogen (secondary N) is 2. The zero-order valence-electron chi connectivity index (χ0n) is 17.8. The van der Waals surface area contributed by atoms with Gasteiger partial charge in [-0.25, -0.2) is 4.98 Å². The number of rotatable bonds is 8. The smallest absolute Gasteiger partial charge is 0.306 e. The zero-order chi connectivity index (χ0) is 21.8. The van der Waals surface area contributed by atoms with Gasteiger partial charge in [0.1, 0.15) is 11.8 Å². The van der Waals surface area contributed by atoms with Crippen LogP contribution in [0.4, 0.5) is 5.82 Å². The second-order valence-corrected chi connectivity index (χ2v) is 8.53. The van der Waals surface area contributed by atoms with E-state index in [1.165, 1.54) is 4.88 Å². The van der Waals surface area contributed by atoms with Crippen LogP contribution >= 0.6 is 11.3 Å². The van der Waals surface area contributed by atoms with Crippen molar-refractivity contribution in [2.75, 3.05) is 12.3 Å². The van der Waals surface area contributed by atoms with Gasteiger partial charge in [0.15, 0.2) is 12.2 Å². The van der Waals surface area contributed by atoms with Crippen molar-refractivity contribution in [3.8, 4) is 0 Å². The summed E-state index contributed by atoms with van der Waals surface area (Å²) in [5, 5.41) is 1.16. The van der Waals surface area contributed by atoms with Gasteiger partial charge in [0.2, 0.25) is 5.51 Å². The van der Waals surface area contributed by atoms with Crippen LogP contribution < -0.4 is 15.3 Å². The first kappa shape index (κ1) is 21.0. The molecule has 1 aromatic carbocycles. The Hall–Kier alpha value is -3.26. The molecular formula is C23H27N5O2S+2. The molecule has 160 valence electrons. The maximum atomic E-state index is 12.2. The summed E-state index contributed by atoms with van der Waals surface area (Å²) in [6.07, 6.45) is 5.62. The van der Waals surface area contributed by atoms with Crippen molar-refractivity contribution in [3.63, 3.8) is 0 Å². The molecule has 0 atom stereocenters. The summed E-state index contributed by atoms with van der Waals surface area (Å²) in [7, 11) is 0. The number of benzene rings is 1. The fourth-order valence-electron chi connectivity index (χ4n) is 3.61. The van der Waals surface area contributed by atoms with Crippen LogP contribution in [0.2, 0.25) is 0 Å². The lowest BCUT2D eigenvalue weighted by Crippen LogP contribution is -2.36. The van der Waals surface area contributed by atoms with Crippen LogP contribution in [-0.2, 0) is 28.9 Å². The Kier molecular flexibility index (Phi) is 6.27. The molecule has 3 aromatic heterocycles. The average Bonchev–Trinajstić information content (AvgIpc) is 3.32. The van der Waals surface area contributed by atoms with E-state index in [4.69, 9.17) is 10.5 Å². The number of nitrogens with zero attached hydrogens (tertiary/aromatic N) is 2. The highest BCUT2D eigenvalue weighted by Gasteiger charge is 2.20. The van der Waals surface area contributed by atoms with Crippen molar-refractivity contribution in [1.82, 2.24) is 9.97 Å². The SMILES string of the molecule is Cc1nc(N)c(C[n+]2csc(CCOC(=O)CCc3c[nH]c4ccccc34)c2C)c[nH+]1. The largest absolute Gasteiger partial charge is 0.465 e. The molecule has 0 bridgehead atoms. The van der Waals surface area contributed by atoms with Crippen molar-refractivity contribution in [2.45, 2.75) is 39.7 Å². The predicted molar refractivity (Wildman–Crippen MR) is 120 cm³/mol. The average molecular weight is 438 g/mol. The lowest BCUT2D eigenvalue weighted by Gasteiger charge is -2.04. The van der Waals surface area contributed by atoms with Gasteiger partial charge in [0.25, 0.3) is 11.6 Å². The number of anilines is 1. The molecule has 0 fully saturated rings. The van der Waals surface area contributed by atoms with Crippen LogP contribution in [0, 0.1) is 13.8 Å². The Morgan fingerprint density at radius 1 is 1.26 bits per heavy atom. The highest BCUT2D eigenvalue weighted by molar-refractivity contribution is 7.09. The number of nitrogens with two attached hydrogens (primary N) is 1. The summed E-state index contributed by atoms with van der Waals surface area (Å²) in [4.78, 5) is 24.0. The number of carbonyl (C=O) groups excluding carboxylic acids is 1. The lowest BCUT2D eigenvalue weighted by molar-refractivity contribution is -0.690. The van der Waals surface area contributed by atoms with E-state index in [-0.39, 0.29) is 5.97 Å². The van der Waals surface area contributed by atoms with Gasteiger partial charge in [-0.2, -0.15) is 4.57 Å². The summed E-state index contributed by atoms with van der Waals surface area (Å²) in [6, 6.07) is 8.11. The molecule has 31 heavy (non-hydrogen) atoms. The van der Waals surface area contributed by atoms with Gasteiger partial charge in [-0.05, 0) is 23.0 Å². The zero-order valence-corrected chi connectivity index (χ0v) is 18.6. The Labute approximate surface area is 184 Å². The summed E-state index contributed by atoms with van der Waals surface area (Å²) in [5.74, 6) is 1.17. The van der Waals surface area contributed by atoms with Crippen LogP contribution in [0.1, 0.15) is 33.9 Å². The van der Waals surface area contributed by atoms with E-state index >= 15 is 0 Å². The third-order valence-electron chi connectivity index (χ3n) is 5.44. The second-order valence-electron chi connectivity index (χ2n) is 7.59. The number of nitrogen functional groups attached to an aromatic ring is 1.